The van der Waals surface area contributed by atoms with Crippen molar-refractivity contribution in [1.29, 1.82) is 0 Å². The maximum absolute atomic E-state index is 10.8. The summed E-state index contributed by atoms with van der Waals surface area (Å²) in [6.07, 6.45) is 7.70. The second kappa shape index (κ2) is 8.68. The molecule has 0 aromatic heterocycles. The van der Waals surface area contributed by atoms with E-state index in [1.807, 2.05) is 13.0 Å². The molecule has 0 atom stereocenters. The zero-order valence-corrected chi connectivity index (χ0v) is 12.7. The Kier molecular flexibility index (Phi) is 6.87. The van der Waals surface area contributed by atoms with Crippen LogP contribution in [0.4, 0.5) is 11.4 Å². The number of nitrogens with zero attached hydrogens (tertiary/aromatic N) is 2. The van der Waals surface area contributed by atoms with Gasteiger partial charge in [0, 0.05) is 12.3 Å². The first kappa shape index (κ1) is 16.6. The largest absolute Gasteiger partial charge is 0.294 e. The highest BCUT2D eigenvalue weighted by Crippen LogP contribution is 2.22. The number of rotatable bonds is 7. The number of nitrogens with one attached hydrogen (secondary N) is 1. The standard InChI is InChI=1S/C16H21N3O2/c1-13(2)7-6-8-14(3)11-12-17-18-15-9-4-5-10-16(15)19(20)21/h4-5,7,9-12,18H,6,8H2,1-3H3/b14-11+,17-12-. The molecule has 1 rings (SSSR count). The van der Waals surface area contributed by atoms with Crippen molar-refractivity contribution in [2.75, 3.05) is 5.43 Å². The molecule has 5 heteroatoms. The Hall–Kier alpha value is -2.43. The summed E-state index contributed by atoms with van der Waals surface area (Å²) in [6.45, 7) is 6.20. The highest BCUT2D eigenvalue weighted by Gasteiger charge is 2.10. The molecular weight excluding hydrogens is 266 g/mol. The number of para-hydroxylation sites is 2. The second-order valence-corrected chi connectivity index (χ2v) is 5.00. The average molecular weight is 287 g/mol. The second-order valence-electron chi connectivity index (χ2n) is 5.00. The summed E-state index contributed by atoms with van der Waals surface area (Å²) in [5, 5.41) is 14.8. The molecule has 0 aliphatic heterocycles. The van der Waals surface area contributed by atoms with E-state index < -0.39 is 4.92 Å². The van der Waals surface area contributed by atoms with Crippen molar-refractivity contribution >= 4 is 17.6 Å². The van der Waals surface area contributed by atoms with Crippen molar-refractivity contribution in [2.24, 2.45) is 5.10 Å². The zero-order chi connectivity index (χ0) is 15.7. The average Bonchev–Trinajstić information content (AvgIpc) is 2.43. The Balaban J connectivity index is 2.55. The minimum atomic E-state index is -0.432. The fourth-order valence-electron chi connectivity index (χ4n) is 1.67. The van der Waals surface area contributed by atoms with Gasteiger partial charge in [-0.1, -0.05) is 29.4 Å². The Morgan fingerprint density at radius 2 is 2.05 bits per heavy atom. The van der Waals surface area contributed by atoms with Crippen LogP contribution in [0.15, 0.2) is 52.7 Å². The molecule has 0 saturated carbocycles. The molecule has 0 fully saturated rings. The molecular formula is C16H21N3O2. The van der Waals surface area contributed by atoms with Gasteiger partial charge >= 0.3 is 0 Å². The van der Waals surface area contributed by atoms with Gasteiger partial charge in [0.2, 0.25) is 0 Å². The van der Waals surface area contributed by atoms with E-state index in [4.69, 9.17) is 0 Å². The zero-order valence-electron chi connectivity index (χ0n) is 12.7. The molecule has 1 N–H and O–H groups in total. The lowest BCUT2D eigenvalue weighted by molar-refractivity contribution is -0.384. The summed E-state index contributed by atoms with van der Waals surface area (Å²) in [7, 11) is 0. The summed E-state index contributed by atoms with van der Waals surface area (Å²) in [6, 6.07) is 6.42. The minimum Gasteiger partial charge on any atom is -0.272 e. The van der Waals surface area contributed by atoms with Crippen LogP contribution in [0, 0.1) is 10.1 Å². The number of hydrogen-bond donors (Lipinski definition) is 1. The van der Waals surface area contributed by atoms with Crippen molar-refractivity contribution in [3.8, 4) is 0 Å². The molecule has 0 saturated heterocycles. The van der Waals surface area contributed by atoms with Crippen LogP contribution in [-0.4, -0.2) is 11.1 Å². The van der Waals surface area contributed by atoms with Crippen molar-refractivity contribution in [1.82, 2.24) is 0 Å². The summed E-state index contributed by atoms with van der Waals surface area (Å²) < 4.78 is 0. The van der Waals surface area contributed by atoms with Crippen LogP contribution in [0.3, 0.4) is 0 Å². The van der Waals surface area contributed by atoms with E-state index in [-0.39, 0.29) is 5.69 Å². The van der Waals surface area contributed by atoms with Crippen molar-refractivity contribution < 1.29 is 4.92 Å². The van der Waals surface area contributed by atoms with Gasteiger partial charge in [-0.15, -0.1) is 0 Å². The predicted octanol–water partition coefficient (Wildman–Crippen LogP) is 4.69. The van der Waals surface area contributed by atoms with Crippen LogP contribution < -0.4 is 5.43 Å². The molecule has 1 aromatic carbocycles. The van der Waals surface area contributed by atoms with Gasteiger partial charge in [-0.25, -0.2) is 0 Å². The first-order valence-electron chi connectivity index (χ1n) is 6.82. The highest BCUT2D eigenvalue weighted by atomic mass is 16.6. The molecule has 5 nitrogen and oxygen atoms in total. The monoisotopic (exact) mass is 287 g/mol. The van der Waals surface area contributed by atoms with Crippen LogP contribution in [0.25, 0.3) is 0 Å². The quantitative estimate of drug-likeness (QED) is 0.342. The SMILES string of the molecule is CC(C)=CCC/C(C)=C/C=N\Nc1ccccc1[N+](=O)[O-]. The molecule has 112 valence electrons. The Morgan fingerprint density at radius 1 is 1.33 bits per heavy atom. The molecule has 0 unspecified atom stereocenters. The van der Waals surface area contributed by atoms with E-state index in [1.54, 1.807) is 24.4 Å². The van der Waals surface area contributed by atoms with Gasteiger partial charge < -0.3 is 0 Å². The topological polar surface area (TPSA) is 67.5 Å². The molecule has 0 bridgehead atoms. The fraction of sp³-hybridized carbons (Fsp3) is 0.312. The Morgan fingerprint density at radius 3 is 2.71 bits per heavy atom. The number of hydrazone groups is 1. The van der Waals surface area contributed by atoms with Crippen LogP contribution in [0.2, 0.25) is 0 Å². The first-order chi connectivity index (χ1) is 10.0. The van der Waals surface area contributed by atoms with Crippen molar-refractivity contribution in [3.05, 3.63) is 57.7 Å². The van der Waals surface area contributed by atoms with Crippen LogP contribution in [0.1, 0.15) is 33.6 Å². The molecule has 0 amide bonds. The molecule has 0 spiro atoms. The number of benzene rings is 1. The normalized spacial score (nSPS) is 11.5. The molecule has 21 heavy (non-hydrogen) atoms. The lowest BCUT2D eigenvalue weighted by atomic mass is 10.1. The van der Waals surface area contributed by atoms with Gasteiger partial charge in [-0.3, -0.25) is 15.5 Å². The fourth-order valence-corrected chi connectivity index (χ4v) is 1.67. The maximum Gasteiger partial charge on any atom is 0.294 e. The maximum atomic E-state index is 10.8. The third-order valence-electron chi connectivity index (χ3n) is 2.81. The number of nitro groups is 1. The predicted molar refractivity (Wildman–Crippen MR) is 87.6 cm³/mol. The summed E-state index contributed by atoms with van der Waals surface area (Å²) in [5.74, 6) is 0. The first-order valence-corrected chi connectivity index (χ1v) is 6.82. The van der Waals surface area contributed by atoms with Gasteiger partial charge in [0.15, 0.2) is 0 Å². The number of allylic oxidation sites excluding steroid dienone is 4. The number of hydrogen-bond acceptors (Lipinski definition) is 4. The van der Waals surface area contributed by atoms with E-state index in [2.05, 4.69) is 30.5 Å². The minimum absolute atomic E-state index is 0.0129. The summed E-state index contributed by atoms with van der Waals surface area (Å²) in [4.78, 5) is 10.4. The molecule has 0 aliphatic carbocycles. The number of nitro benzene ring substituents is 1. The molecule has 1 aromatic rings. The van der Waals surface area contributed by atoms with Gasteiger partial charge in [0.25, 0.3) is 5.69 Å². The van der Waals surface area contributed by atoms with Crippen LogP contribution in [0.5, 0.6) is 0 Å². The lowest BCUT2D eigenvalue weighted by Crippen LogP contribution is -1.95. The van der Waals surface area contributed by atoms with Crippen molar-refractivity contribution in [3.63, 3.8) is 0 Å². The Bertz CT molecular complexity index is 571. The summed E-state index contributed by atoms with van der Waals surface area (Å²) >= 11 is 0. The third kappa shape index (κ3) is 6.51. The van der Waals surface area contributed by atoms with E-state index in [0.717, 1.165) is 12.8 Å². The van der Waals surface area contributed by atoms with Crippen molar-refractivity contribution in [2.45, 2.75) is 33.6 Å². The van der Waals surface area contributed by atoms with E-state index >= 15 is 0 Å². The smallest absolute Gasteiger partial charge is 0.272 e. The third-order valence-corrected chi connectivity index (χ3v) is 2.81. The van der Waals surface area contributed by atoms with Crippen LogP contribution >= 0.6 is 0 Å². The van der Waals surface area contributed by atoms with E-state index in [0.29, 0.717) is 5.69 Å². The summed E-state index contributed by atoms with van der Waals surface area (Å²) in [5.41, 5.74) is 5.62. The van der Waals surface area contributed by atoms with Gasteiger partial charge in [0.05, 0.1) is 4.92 Å². The Labute approximate surface area is 125 Å². The lowest BCUT2D eigenvalue weighted by Gasteiger charge is -2.00. The molecule has 0 heterocycles. The van der Waals surface area contributed by atoms with Crippen LogP contribution in [-0.2, 0) is 0 Å². The van der Waals surface area contributed by atoms with E-state index in [9.17, 15) is 10.1 Å². The van der Waals surface area contributed by atoms with Gasteiger partial charge in [0.1, 0.15) is 5.69 Å². The highest BCUT2D eigenvalue weighted by molar-refractivity contribution is 5.73. The molecule has 0 aliphatic rings. The van der Waals surface area contributed by atoms with E-state index in [1.165, 1.54) is 17.2 Å². The molecule has 0 radical (unpaired) electrons. The van der Waals surface area contributed by atoms with Gasteiger partial charge in [-0.05, 0) is 45.8 Å². The number of anilines is 1. The van der Waals surface area contributed by atoms with Gasteiger partial charge in [-0.2, -0.15) is 5.10 Å².